The van der Waals surface area contributed by atoms with Crippen LogP contribution in [0.25, 0.3) is 0 Å². The van der Waals surface area contributed by atoms with Crippen LogP contribution in [0, 0.1) is 0 Å². The summed E-state index contributed by atoms with van der Waals surface area (Å²) >= 11 is 5.43. The van der Waals surface area contributed by atoms with Crippen LogP contribution < -0.4 is 5.73 Å². The van der Waals surface area contributed by atoms with Gasteiger partial charge in [-0.05, 0) is 27.4 Å². The van der Waals surface area contributed by atoms with Crippen LogP contribution >= 0.6 is 11.6 Å². The molecule has 0 bridgehead atoms. The second kappa shape index (κ2) is 5.17. The summed E-state index contributed by atoms with van der Waals surface area (Å²) in [6.07, 6.45) is 0.589. The minimum atomic E-state index is -0.446. The van der Waals surface area contributed by atoms with E-state index in [-0.39, 0.29) is 6.04 Å². The van der Waals surface area contributed by atoms with E-state index in [1.807, 2.05) is 25.9 Å². The molecule has 70 valence electrons. The fourth-order valence-corrected chi connectivity index (χ4v) is 0.896. The summed E-state index contributed by atoms with van der Waals surface area (Å²) in [7, 11) is 3.88. The summed E-state index contributed by atoms with van der Waals surface area (Å²) in [6.45, 7) is 2.00. The molecule has 0 heterocycles. The maximum absolute atomic E-state index is 10.7. The van der Waals surface area contributed by atoms with E-state index in [0.717, 1.165) is 0 Å². The summed E-state index contributed by atoms with van der Waals surface area (Å²) in [5.74, 6) is -0.446. The summed E-state index contributed by atoms with van der Waals surface area (Å²) < 4.78 is 0. The molecule has 2 N–H and O–H groups in total. The fraction of sp³-hybridized carbons (Fsp3) is 0.625. The van der Waals surface area contributed by atoms with Crippen LogP contribution in [0.4, 0.5) is 0 Å². The summed E-state index contributed by atoms with van der Waals surface area (Å²) in [5.41, 5.74) is 6.81. The van der Waals surface area contributed by atoms with Gasteiger partial charge in [-0.15, -0.1) is 0 Å². The first-order valence-corrected chi connectivity index (χ1v) is 4.18. The number of hydrogen-bond donors (Lipinski definition) is 1. The monoisotopic (exact) mass is 190 g/mol. The number of nitrogens with two attached hydrogens (primary N) is 1. The number of nitrogens with zero attached hydrogens (tertiary/aromatic N) is 1. The molecule has 0 saturated carbocycles. The Labute approximate surface area is 78.2 Å². The van der Waals surface area contributed by atoms with Gasteiger partial charge in [0, 0.05) is 17.2 Å². The van der Waals surface area contributed by atoms with Crippen molar-refractivity contribution in [2.75, 3.05) is 14.1 Å². The molecule has 0 rings (SSSR count). The molecule has 4 heteroatoms. The number of carbonyl (C=O) groups excluding carboxylic acids is 1. The lowest BCUT2D eigenvalue weighted by molar-refractivity contribution is -0.114. The maximum atomic E-state index is 10.7. The van der Waals surface area contributed by atoms with E-state index in [2.05, 4.69) is 0 Å². The van der Waals surface area contributed by atoms with Gasteiger partial charge in [0.2, 0.25) is 5.91 Å². The third-order valence-electron chi connectivity index (χ3n) is 1.85. The molecule has 0 spiro atoms. The Bertz CT molecular complexity index is 189. The Morgan fingerprint density at radius 2 is 2.17 bits per heavy atom. The second-order valence-corrected chi connectivity index (χ2v) is 3.23. The van der Waals surface area contributed by atoms with E-state index in [1.54, 1.807) is 0 Å². The average Bonchev–Trinajstić information content (AvgIpc) is 1.98. The third kappa shape index (κ3) is 3.74. The standard InChI is InChI=1S/C8H15ClN2O/c1-6(11(2)3)4-7(5-9)8(10)12/h5-6H,4H2,1-3H3,(H2,10,12)/b7-5+. The van der Waals surface area contributed by atoms with Gasteiger partial charge in [-0.1, -0.05) is 11.6 Å². The van der Waals surface area contributed by atoms with Gasteiger partial charge in [0.15, 0.2) is 0 Å². The molecule has 1 amide bonds. The van der Waals surface area contributed by atoms with Crippen molar-refractivity contribution in [1.82, 2.24) is 4.90 Å². The van der Waals surface area contributed by atoms with Crippen molar-refractivity contribution < 1.29 is 4.79 Å². The average molecular weight is 191 g/mol. The Kier molecular flexibility index (Phi) is 4.93. The molecule has 0 aromatic carbocycles. The highest BCUT2D eigenvalue weighted by atomic mass is 35.5. The molecule has 12 heavy (non-hydrogen) atoms. The zero-order valence-corrected chi connectivity index (χ0v) is 8.43. The summed E-state index contributed by atoms with van der Waals surface area (Å²) in [6, 6.07) is 0.266. The zero-order valence-electron chi connectivity index (χ0n) is 7.67. The van der Waals surface area contributed by atoms with Crippen molar-refractivity contribution in [2.24, 2.45) is 5.73 Å². The first kappa shape index (κ1) is 11.5. The Balaban J connectivity index is 4.14. The van der Waals surface area contributed by atoms with Gasteiger partial charge < -0.3 is 10.6 Å². The van der Waals surface area contributed by atoms with Gasteiger partial charge in [0.25, 0.3) is 0 Å². The molecule has 0 radical (unpaired) electrons. The molecule has 0 aliphatic carbocycles. The lowest BCUT2D eigenvalue weighted by atomic mass is 10.1. The fourth-order valence-electron chi connectivity index (χ4n) is 0.700. The number of primary amides is 1. The van der Waals surface area contributed by atoms with Crippen molar-refractivity contribution >= 4 is 17.5 Å². The van der Waals surface area contributed by atoms with E-state index < -0.39 is 5.91 Å². The highest BCUT2D eigenvalue weighted by molar-refractivity contribution is 6.27. The van der Waals surface area contributed by atoms with Crippen LogP contribution in [0.1, 0.15) is 13.3 Å². The van der Waals surface area contributed by atoms with Crippen molar-refractivity contribution in [2.45, 2.75) is 19.4 Å². The summed E-state index contributed by atoms with van der Waals surface area (Å²) in [5, 5.41) is 0. The van der Waals surface area contributed by atoms with Gasteiger partial charge in [0.05, 0.1) is 0 Å². The number of rotatable bonds is 4. The molecular formula is C8H15ClN2O. The normalized spacial score (nSPS) is 14.9. The lowest BCUT2D eigenvalue weighted by Gasteiger charge is -2.19. The van der Waals surface area contributed by atoms with Gasteiger partial charge in [0.1, 0.15) is 0 Å². The maximum Gasteiger partial charge on any atom is 0.245 e. The predicted octanol–water partition coefficient (Wildman–Crippen LogP) is 0.935. The molecule has 0 aromatic rings. The molecule has 0 aliphatic rings. The molecule has 0 saturated heterocycles. The minimum Gasteiger partial charge on any atom is -0.366 e. The van der Waals surface area contributed by atoms with Crippen molar-refractivity contribution in [3.05, 3.63) is 11.1 Å². The molecule has 0 aromatic heterocycles. The second-order valence-electron chi connectivity index (χ2n) is 3.02. The first-order chi connectivity index (χ1) is 5.49. The van der Waals surface area contributed by atoms with E-state index in [4.69, 9.17) is 17.3 Å². The van der Waals surface area contributed by atoms with Crippen LogP contribution in [0.2, 0.25) is 0 Å². The van der Waals surface area contributed by atoms with Crippen molar-refractivity contribution in [1.29, 1.82) is 0 Å². The predicted molar refractivity (Wildman–Crippen MR) is 50.9 cm³/mol. The SMILES string of the molecule is CC(C/C(=C\Cl)C(N)=O)N(C)C. The van der Waals surface area contributed by atoms with E-state index in [1.165, 1.54) is 5.54 Å². The molecular weight excluding hydrogens is 176 g/mol. The molecule has 0 aliphatic heterocycles. The number of halogens is 1. The van der Waals surface area contributed by atoms with Crippen LogP contribution in [0.3, 0.4) is 0 Å². The van der Waals surface area contributed by atoms with Crippen LogP contribution in [-0.2, 0) is 4.79 Å². The number of carbonyl (C=O) groups is 1. The topological polar surface area (TPSA) is 46.3 Å². The molecule has 1 atom stereocenters. The molecule has 3 nitrogen and oxygen atoms in total. The van der Waals surface area contributed by atoms with E-state index >= 15 is 0 Å². The Morgan fingerprint density at radius 1 is 1.67 bits per heavy atom. The smallest absolute Gasteiger partial charge is 0.245 e. The number of hydrogen-bond acceptors (Lipinski definition) is 2. The van der Waals surface area contributed by atoms with Gasteiger partial charge in [-0.2, -0.15) is 0 Å². The lowest BCUT2D eigenvalue weighted by Crippen LogP contribution is -2.27. The third-order valence-corrected chi connectivity index (χ3v) is 2.11. The zero-order chi connectivity index (χ0) is 9.72. The summed E-state index contributed by atoms with van der Waals surface area (Å²) in [4.78, 5) is 12.7. The Morgan fingerprint density at radius 3 is 2.42 bits per heavy atom. The van der Waals surface area contributed by atoms with Crippen molar-refractivity contribution in [3.63, 3.8) is 0 Å². The Hall–Kier alpha value is -0.540. The van der Waals surface area contributed by atoms with Gasteiger partial charge >= 0.3 is 0 Å². The van der Waals surface area contributed by atoms with E-state index in [9.17, 15) is 4.79 Å². The van der Waals surface area contributed by atoms with Gasteiger partial charge in [-0.25, -0.2) is 0 Å². The first-order valence-electron chi connectivity index (χ1n) is 3.74. The highest BCUT2D eigenvalue weighted by Crippen LogP contribution is 2.09. The minimum absolute atomic E-state index is 0.266. The number of amides is 1. The van der Waals surface area contributed by atoms with Gasteiger partial charge in [-0.3, -0.25) is 4.79 Å². The van der Waals surface area contributed by atoms with Crippen LogP contribution in [0.5, 0.6) is 0 Å². The van der Waals surface area contributed by atoms with E-state index in [0.29, 0.717) is 12.0 Å². The molecule has 0 fully saturated rings. The van der Waals surface area contributed by atoms with Crippen molar-refractivity contribution in [3.8, 4) is 0 Å². The largest absolute Gasteiger partial charge is 0.366 e. The van der Waals surface area contributed by atoms with Crippen LogP contribution in [0.15, 0.2) is 11.1 Å². The molecule has 1 unspecified atom stereocenters. The highest BCUT2D eigenvalue weighted by Gasteiger charge is 2.11. The van der Waals surface area contributed by atoms with Crippen LogP contribution in [-0.4, -0.2) is 30.9 Å². The quantitative estimate of drug-likeness (QED) is 0.671.